The Balaban J connectivity index is 3.25. The number of halogens is 1. The highest BCUT2D eigenvalue weighted by Gasteiger charge is 2.19. The number of nitrogens with one attached hydrogen (secondary N) is 1. The van der Waals surface area contributed by atoms with Gasteiger partial charge in [-0.1, -0.05) is 6.07 Å². The van der Waals surface area contributed by atoms with Crippen molar-refractivity contribution < 1.29 is 33.4 Å². The molecule has 0 saturated carbocycles. The fraction of sp³-hybridized carbons (Fsp3) is 0.154. The Morgan fingerprint density at radius 3 is 2.43 bits per heavy atom. The van der Waals surface area contributed by atoms with Gasteiger partial charge >= 0.3 is 17.9 Å². The van der Waals surface area contributed by atoms with E-state index in [9.17, 15) is 18.8 Å². The number of esters is 2. The van der Waals surface area contributed by atoms with Gasteiger partial charge in [0.05, 0.1) is 26.0 Å². The van der Waals surface area contributed by atoms with Gasteiger partial charge in [0.25, 0.3) is 0 Å². The van der Waals surface area contributed by atoms with Gasteiger partial charge in [0.1, 0.15) is 17.1 Å². The summed E-state index contributed by atoms with van der Waals surface area (Å²) >= 11 is 0. The maximum absolute atomic E-state index is 13.5. The van der Waals surface area contributed by atoms with E-state index in [-0.39, 0.29) is 5.69 Å². The number of carbonyl (C=O) groups is 3. The lowest BCUT2D eigenvalue weighted by molar-refractivity contribution is -0.138. The molecule has 0 unspecified atom stereocenters. The molecule has 1 aromatic carbocycles. The van der Waals surface area contributed by atoms with E-state index in [2.05, 4.69) is 14.8 Å². The van der Waals surface area contributed by atoms with Gasteiger partial charge in [0.15, 0.2) is 0 Å². The average molecular weight is 297 g/mol. The van der Waals surface area contributed by atoms with Gasteiger partial charge in [-0.3, -0.25) is 0 Å². The number of hydrogen-bond acceptors (Lipinski definition) is 6. The molecule has 21 heavy (non-hydrogen) atoms. The van der Waals surface area contributed by atoms with Crippen LogP contribution >= 0.6 is 0 Å². The summed E-state index contributed by atoms with van der Waals surface area (Å²) in [4.78, 5) is 33.7. The van der Waals surface area contributed by atoms with Crippen molar-refractivity contribution in [2.24, 2.45) is 0 Å². The Morgan fingerprint density at radius 2 is 1.90 bits per heavy atom. The van der Waals surface area contributed by atoms with Crippen molar-refractivity contribution in [1.82, 2.24) is 0 Å². The standard InChI is InChI=1S/C13H12FNO6/c1-20-10(16)6-9(13(19)21-2)15-8-5-3-4-7(14)11(8)12(17)18/h3-6,15H,1-2H3,(H,17,18)/b9-6+. The minimum Gasteiger partial charge on any atom is -0.478 e. The minimum atomic E-state index is -1.53. The van der Waals surface area contributed by atoms with Gasteiger partial charge in [-0.05, 0) is 12.1 Å². The van der Waals surface area contributed by atoms with Gasteiger partial charge in [0, 0.05) is 0 Å². The molecule has 0 atom stereocenters. The van der Waals surface area contributed by atoms with E-state index in [0.29, 0.717) is 0 Å². The van der Waals surface area contributed by atoms with Gasteiger partial charge in [-0.15, -0.1) is 0 Å². The summed E-state index contributed by atoms with van der Waals surface area (Å²) in [6, 6.07) is 3.44. The van der Waals surface area contributed by atoms with Crippen molar-refractivity contribution in [3.63, 3.8) is 0 Å². The van der Waals surface area contributed by atoms with E-state index in [4.69, 9.17) is 5.11 Å². The second kappa shape index (κ2) is 7.04. The summed E-state index contributed by atoms with van der Waals surface area (Å²) in [5.74, 6) is -4.33. The molecule has 112 valence electrons. The van der Waals surface area contributed by atoms with Crippen LogP contribution < -0.4 is 5.32 Å². The number of rotatable bonds is 5. The molecule has 0 spiro atoms. The fourth-order valence-corrected chi connectivity index (χ4v) is 1.42. The van der Waals surface area contributed by atoms with Crippen molar-refractivity contribution >= 4 is 23.6 Å². The number of carboxylic acids is 1. The van der Waals surface area contributed by atoms with E-state index in [1.54, 1.807) is 0 Å². The number of aromatic carboxylic acids is 1. The van der Waals surface area contributed by atoms with E-state index in [0.717, 1.165) is 26.4 Å². The van der Waals surface area contributed by atoms with Crippen LogP contribution in [0.25, 0.3) is 0 Å². The van der Waals surface area contributed by atoms with Crippen LogP contribution in [0.5, 0.6) is 0 Å². The lowest BCUT2D eigenvalue weighted by Gasteiger charge is -2.11. The number of carboxylic acid groups (broad SMARTS) is 1. The predicted molar refractivity (Wildman–Crippen MR) is 69.1 cm³/mol. The van der Waals surface area contributed by atoms with E-state index in [1.807, 2.05) is 0 Å². The Hall–Kier alpha value is -2.90. The lowest BCUT2D eigenvalue weighted by Crippen LogP contribution is -2.17. The zero-order chi connectivity index (χ0) is 16.0. The van der Waals surface area contributed by atoms with E-state index in [1.165, 1.54) is 12.1 Å². The lowest BCUT2D eigenvalue weighted by atomic mass is 10.1. The first-order valence-electron chi connectivity index (χ1n) is 5.57. The van der Waals surface area contributed by atoms with Crippen LogP contribution in [-0.2, 0) is 19.1 Å². The highest BCUT2D eigenvalue weighted by Crippen LogP contribution is 2.21. The Labute approximate surface area is 119 Å². The number of methoxy groups -OCH3 is 2. The maximum Gasteiger partial charge on any atom is 0.354 e. The van der Waals surface area contributed by atoms with Crippen LogP contribution in [0.2, 0.25) is 0 Å². The highest BCUT2D eigenvalue weighted by atomic mass is 19.1. The van der Waals surface area contributed by atoms with Gasteiger partial charge in [-0.25, -0.2) is 18.8 Å². The summed E-state index contributed by atoms with van der Waals surface area (Å²) in [5, 5.41) is 11.3. The smallest absolute Gasteiger partial charge is 0.354 e. The third-order valence-corrected chi connectivity index (χ3v) is 2.37. The Kier molecular flexibility index (Phi) is 5.41. The molecule has 0 radical (unpaired) electrons. The fourth-order valence-electron chi connectivity index (χ4n) is 1.42. The third-order valence-electron chi connectivity index (χ3n) is 2.37. The molecule has 0 heterocycles. The van der Waals surface area contributed by atoms with E-state index < -0.39 is 35.0 Å². The normalized spacial score (nSPS) is 10.7. The molecular formula is C13H12FNO6. The predicted octanol–water partition coefficient (Wildman–Crippen LogP) is 1.17. The van der Waals surface area contributed by atoms with Crippen molar-refractivity contribution in [3.8, 4) is 0 Å². The quantitative estimate of drug-likeness (QED) is 0.621. The first-order valence-corrected chi connectivity index (χ1v) is 5.57. The molecular weight excluding hydrogens is 285 g/mol. The monoisotopic (exact) mass is 297 g/mol. The highest BCUT2D eigenvalue weighted by molar-refractivity contribution is 6.01. The summed E-state index contributed by atoms with van der Waals surface area (Å²) < 4.78 is 22.3. The number of benzene rings is 1. The topological polar surface area (TPSA) is 102 Å². The SMILES string of the molecule is COC(=O)/C=C(/Nc1cccc(F)c1C(=O)O)C(=O)OC. The molecule has 0 fully saturated rings. The number of ether oxygens (including phenoxy) is 2. The summed E-state index contributed by atoms with van der Waals surface area (Å²) in [6.07, 6.45) is 0.766. The average Bonchev–Trinajstić information content (AvgIpc) is 2.45. The van der Waals surface area contributed by atoms with Crippen molar-refractivity contribution in [2.45, 2.75) is 0 Å². The number of anilines is 1. The summed E-state index contributed by atoms with van der Waals surface area (Å²) in [7, 11) is 2.16. The number of carbonyl (C=O) groups excluding carboxylic acids is 2. The Morgan fingerprint density at radius 1 is 1.24 bits per heavy atom. The zero-order valence-corrected chi connectivity index (χ0v) is 11.2. The van der Waals surface area contributed by atoms with E-state index >= 15 is 0 Å². The van der Waals surface area contributed by atoms with Gasteiger partial charge in [-0.2, -0.15) is 0 Å². The third kappa shape index (κ3) is 4.03. The molecule has 2 N–H and O–H groups in total. The molecule has 0 aromatic heterocycles. The molecule has 0 aliphatic carbocycles. The van der Waals surface area contributed by atoms with Crippen molar-refractivity contribution in [1.29, 1.82) is 0 Å². The zero-order valence-electron chi connectivity index (χ0n) is 11.2. The molecule has 0 aliphatic heterocycles. The van der Waals surface area contributed by atoms with Crippen LogP contribution in [-0.4, -0.2) is 37.2 Å². The molecule has 0 bridgehead atoms. The van der Waals surface area contributed by atoms with Crippen molar-refractivity contribution in [3.05, 3.63) is 41.4 Å². The summed E-state index contributed by atoms with van der Waals surface area (Å²) in [6.45, 7) is 0. The molecule has 1 aromatic rings. The largest absolute Gasteiger partial charge is 0.478 e. The first-order chi connectivity index (χ1) is 9.90. The second-order valence-corrected chi connectivity index (χ2v) is 3.67. The van der Waals surface area contributed by atoms with Crippen LogP contribution in [0, 0.1) is 5.82 Å². The number of hydrogen-bond donors (Lipinski definition) is 2. The maximum atomic E-state index is 13.5. The van der Waals surface area contributed by atoms with Gasteiger partial charge < -0.3 is 19.9 Å². The summed E-state index contributed by atoms with van der Waals surface area (Å²) in [5.41, 5.74) is -1.27. The minimum absolute atomic E-state index is 0.206. The van der Waals surface area contributed by atoms with Crippen LogP contribution in [0.4, 0.5) is 10.1 Å². The van der Waals surface area contributed by atoms with Crippen LogP contribution in [0.3, 0.4) is 0 Å². The molecule has 0 amide bonds. The van der Waals surface area contributed by atoms with Crippen LogP contribution in [0.1, 0.15) is 10.4 Å². The molecule has 0 saturated heterocycles. The molecule has 7 nitrogen and oxygen atoms in total. The van der Waals surface area contributed by atoms with Crippen LogP contribution in [0.15, 0.2) is 30.0 Å². The van der Waals surface area contributed by atoms with Crippen molar-refractivity contribution in [2.75, 3.05) is 19.5 Å². The Bertz CT molecular complexity index is 611. The van der Waals surface area contributed by atoms with Gasteiger partial charge in [0.2, 0.25) is 0 Å². The molecule has 1 rings (SSSR count). The second-order valence-electron chi connectivity index (χ2n) is 3.67. The molecule has 0 aliphatic rings. The molecule has 8 heteroatoms. The first kappa shape index (κ1) is 16.2.